The minimum Gasteiger partial charge on any atom is -0.481 e. The molecule has 2 aliphatic rings. The number of benzene rings is 3. The number of fused-ring (bicyclic) bond motifs is 2. The maximum absolute atomic E-state index is 11.4. The molecular formula is C40H37Cl2N5O3. The van der Waals surface area contributed by atoms with E-state index in [0.717, 1.165) is 76.2 Å². The first-order chi connectivity index (χ1) is 24.3. The summed E-state index contributed by atoms with van der Waals surface area (Å²) < 4.78 is 6.26. The zero-order valence-electron chi connectivity index (χ0n) is 27.8. The predicted molar refractivity (Wildman–Crippen MR) is 198 cm³/mol. The molecule has 3 aromatic carbocycles. The largest absolute Gasteiger partial charge is 0.481 e. The summed E-state index contributed by atoms with van der Waals surface area (Å²) in [5, 5.41) is 11.6. The van der Waals surface area contributed by atoms with Gasteiger partial charge in [0.1, 0.15) is 5.52 Å². The van der Waals surface area contributed by atoms with Crippen molar-refractivity contribution < 1.29 is 14.3 Å². The van der Waals surface area contributed by atoms with Crippen molar-refractivity contribution in [3.63, 3.8) is 0 Å². The van der Waals surface area contributed by atoms with E-state index < -0.39 is 5.97 Å². The van der Waals surface area contributed by atoms with Crippen LogP contribution in [0.1, 0.15) is 47.2 Å². The number of aliphatic carboxylic acids is 1. The van der Waals surface area contributed by atoms with Crippen molar-refractivity contribution in [1.29, 1.82) is 0 Å². The van der Waals surface area contributed by atoms with Crippen LogP contribution in [0.15, 0.2) is 77.5 Å². The van der Waals surface area contributed by atoms with E-state index >= 15 is 0 Å². The highest BCUT2D eigenvalue weighted by atomic mass is 35.5. The zero-order valence-corrected chi connectivity index (χ0v) is 29.3. The van der Waals surface area contributed by atoms with Gasteiger partial charge < -0.3 is 9.52 Å². The van der Waals surface area contributed by atoms with Crippen LogP contribution in [0.25, 0.3) is 44.6 Å². The summed E-state index contributed by atoms with van der Waals surface area (Å²) in [5.41, 5.74) is 9.92. The molecule has 0 unspecified atom stereocenters. The molecule has 0 amide bonds. The molecule has 254 valence electrons. The minimum absolute atomic E-state index is 0.331. The summed E-state index contributed by atoms with van der Waals surface area (Å²) in [4.78, 5) is 30.5. The van der Waals surface area contributed by atoms with Gasteiger partial charge in [-0.15, -0.1) is 0 Å². The molecule has 3 aromatic heterocycles. The Bertz CT molecular complexity index is 2250. The summed E-state index contributed by atoms with van der Waals surface area (Å²) in [6.45, 7) is 7.16. The van der Waals surface area contributed by atoms with Gasteiger partial charge in [0.15, 0.2) is 5.58 Å². The number of hydrogen-bond donors (Lipinski definition) is 1. The van der Waals surface area contributed by atoms with E-state index in [1.54, 1.807) is 0 Å². The molecule has 0 bridgehead atoms. The van der Waals surface area contributed by atoms with E-state index in [4.69, 9.17) is 42.6 Å². The van der Waals surface area contributed by atoms with Gasteiger partial charge in [-0.2, -0.15) is 0 Å². The number of oxazole rings is 1. The van der Waals surface area contributed by atoms with Crippen LogP contribution in [0, 0.1) is 12.8 Å². The molecule has 0 radical (unpaired) electrons. The molecule has 10 heteroatoms. The van der Waals surface area contributed by atoms with Crippen LogP contribution < -0.4 is 0 Å². The van der Waals surface area contributed by atoms with Gasteiger partial charge in [0.2, 0.25) is 5.89 Å². The third-order valence-corrected chi connectivity index (χ3v) is 10.9. The number of nitrogens with zero attached hydrogens (tertiary/aromatic N) is 5. The summed E-state index contributed by atoms with van der Waals surface area (Å²) in [6.07, 6.45) is 7.60. The van der Waals surface area contributed by atoms with Crippen LogP contribution in [0.3, 0.4) is 0 Å². The second-order valence-electron chi connectivity index (χ2n) is 13.6. The fraction of sp³-hybridized carbons (Fsp3) is 0.300. The molecule has 8 nitrogen and oxygen atoms in total. The Morgan fingerprint density at radius 3 is 2.52 bits per heavy atom. The Kier molecular flexibility index (Phi) is 9.04. The molecule has 8 rings (SSSR count). The molecule has 2 saturated heterocycles. The number of carboxylic acids is 1. The number of pyridine rings is 2. The average molecular weight is 707 g/mol. The average Bonchev–Trinajstić information content (AvgIpc) is 3.88. The number of carboxylic acid groups (broad SMARTS) is 1. The highest BCUT2D eigenvalue weighted by Gasteiger charge is 2.28. The number of halogens is 2. The Hall–Kier alpha value is -4.34. The summed E-state index contributed by atoms with van der Waals surface area (Å²) >= 11 is 13.9. The van der Waals surface area contributed by atoms with E-state index in [-0.39, 0.29) is 5.92 Å². The number of hydrogen-bond acceptors (Lipinski definition) is 7. The summed E-state index contributed by atoms with van der Waals surface area (Å²) in [5.74, 6) is -0.594. The SMILES string of the molecule is Cc1c(-c2nc3cc(CN4CC[C@H](C(=O)O)C4)cc(Cl)c3o2)cccc1-c1cccc(Cc2nccc3cc(CN4CCCC4)cnc23)c1Cl. The summed E-state index contributed by atoms with van der Waals surface area (Å²) in [7, 11) is 0. The lowest BCUT2D eigenvalue weighted by atomic mass is 9.94. The lowest BCUT2D eigenvalue weighted by Crippen LogP contribution is -2.22. The third kappa shape index (κ3) is 6.49. The molecule has 5 heterocycles. The lowest BCUT2D eigenvalue weighted by Gasteiger charge is -2.15. The molecular weight excluding hydrogens is 669 g/mol. The molecule has 1 atom stereocenters. The standard InChI is InChI=1S/C40H37Cl2N5O3/c1-24-30(7-5-8-31(24)39-45-35-18-25(17-33(41)38(35)50-39)21-47-15-11-29(23-47)40(48)49)32-9-4-6-27(36(32)42)19-34-37-28(10-12-43-34)16-26(20-44-37)22-46-13-2-3-14-46/h4-10,12,16-18,20,29H,2-3,11,13-15,19,21-23H2,1H3,(H,48,49)/t29-/m0/s1. The predicted octanol–water partition coefficient (Wildman–Crippen LogP) is 8.81. The van der Waals surface area contributed by atoms with Crippen molar-refractivity contribution in [2.75, 3.05) is 26.2 Å². The van der Waals surface area contributed by atoms with Gasteiger partial charge in [-0.05, 0) is 104 Å². The molecule has 0 aliphatic carbocycles. The van der Waals surface area contributed by atoms with Gasteiger partial charge in [0, 0.05) is 55.0 Å². The smallest absolute Gasteiger partial charge is 0.307 e. The first-order valence-corrected chi connectivity index (χ1v) is 17.9. The monoisotopic (exact) mass is 705 g/mol. The Balaban J connectivity index is 1.06. The van der Waals surface area contributed by atoms with E-state index in [1.807, 2.05) is 54.9 Å². The normalized spacial score (nSPS) is 17.0. The number of aromatic nitrogens is 3. The second-order valence-corrected chi connectivity index (χ2v) is 14.4. The molecule has 0 saturated carbocycles. The fourth-order valence-electron chi connectivity index (χ4n) is 7.53. The van der Waals surface area contributed by atoms with E-state index in [1.165, 1.54) is 18.4 Å². The van der Waals surface area contributed by atoms with Gasteiger partial charge in [-0.25, -0.2) is 4.98 Å². The molecule has 50 heavy (non-hydrogen) atoms. The van der Waals surface area contributed by atoms with Gasteiger partial charge in [-0.1, -0.05) is 53.5 Å². The lowest BCUT2D eigenvalue weighted by molar-refractivity contribution is -0.141. The first kappa shape index (κ1) is 32.8. The maximum Gasteiger partial charge on any atom is 0.307 e. The van der Waals surface area contributed by atoms with E-state index in [9.17, 15) is 9.90 Å². The molecule has 6 aromatic rings. The van der Waals surface area contributed by atoms with Crippen molar-refractivity contribution in [1.82, 2.24) is 24.8 Å². The topological polar surface area (TPSA) is 95.6 Å². The van der Waals surface area contributed by atoms with Crippen LogP contribution in [0.5, 0.6) is 0 Å². The Morgan fingerprint density at radius 1 is 0.920 bits per heavy atom. The van der Waals surface area contributed by atoms with Crippen LogP contribution in [-0.4, -0.2) is 62.0 Å². The van der Waals surface area contributed by atoms with Gasteiger partial charge in [-0.3, -0.25) is 24.6 Å². The van der Waals surface area contributed by atoms with Gasteiger partial charge in [0.05, 0.1) is 27.2 Å². The van der Waals surface area contributed by atoms with Gasteiger partial charge in [0.25, 0.3) is 0 Å². The van der Waals surface area contributed by atoms with Crippen molar-refractivity contribution >= 4 is 51.2 Å². The van der Waals surface area contributed by atoms with Crippen molar-refractivity contribution in [3.8, 4) is 22.6 Å². The second kappa shape index (κ2) is 13.8. The highest BCUT2D eigenvalue weighted by molar-refractivity contribution is 6.35. The maximum atomic E-state index is 11.4. The minimum atomic E-state index is -0.742. The third-order valence-electron chi connectivity index (χ3n) is 10.2. The van der Waals surface area contributed by atoms with Crippen LogP contribution in [-0.2, 0) is 24.3 Å². The first-order valence-electron chi connectivity index (χ1n) is 17.2. The quantitative estimate of drug-likeness (QED) is 0.159. The van der Waals surface area contributed by atoms with Gasteiger partial charge >= 0.3 is 5.97 Å². The van der Waals surface area contributed by atoms with E-state index in [2.05, 4.69) is 34.9 Å². The Labute approximate surface area is 300 Å². The van der Waals surface area contributed by atoms with Crippen LogP contribution in [0.4, 0.5) is 0 Å². The highest BCUT2D eigenvalue weighted by Crippen LogP contribution is 2.39. The summed E-state index contributed by atoms with van der Waals surface area (Å²) in [6, 6.07) is 20.3. The Morgan fingerprint density at radius 2 is 1.70 bits per heavy atom. The molecule has 2 aliphatic heterocycles. The van der Waals surface area contributed by atoms with E-state index in [0.29, 0.717) is 53.0 Å². The van der Waals surface area contributed by atoms with Crippen molar-refractivity contribution in [2.45, 2.75) is 45.7 Å². The van der Waals surface area contributed by atoms with Crippen LogP contribution in [0.2, 0.25) is 10.0 Å². The zero-order chi connectivity index (χ0) is 34.4. The number of rotatable bonds is 9. The molecule has 1 N–H and O–H groups in total. The molecule has 0 spiro atoms. The number of carbonyl (C=O) groups is 1. The fourth-order valence-corrected chi connectivity index (χ4v) is 8.10. The molecule has 2 fully saturated rings. The number of likely N-dealkylation sites (tertiary alicyclic amines) is 2. The van der Waals surface area contributed by atoms with Crippen LogP contribution >= 0.6 is 23.2 Å². The van der Waals surface area contributed by atoms with Crippen molar-refractivity contribution in [3.05, 3.63) is 111 Å². The van der Waals surface area contributed by atoms with Crippen molar-refractivity contribution in [2.24, 2.45) is 5.92 Å².